The SMILES string of the molecule is CCCN1CCC2(CC1)NC(=O)N([C@H]1CCCN(C(=O)c3cccnc3)C1)C2=O. The van der Waals surface area contributed by atoms with Crippen LogP contribution in [0.1, 0.15) is 49.4 Å². The summed E-state index contributed by atoms with van der Waals surface area (Å²) in [5.74, 6) is -0.211. The van der Waals surface area contributed by atoms with E-state index in [0.29, 0.717) is 31.5 Å². The molecule has 0 saturated carbocycles. The minimum Gasteiger partial charge on any atom is -0.337 e. The van der Waals surface area contributed by atoms with Crippen molar-refractivity contribution in [1.82, 2.24) is 25.0 Å². The third-order valence-corrected chi connectivity index (χ3v) is 6.40. The molecule has 4 rings (SSSR count). The van der Waals surface area contributed by atoms with Crippen LogP contribution in [0.5, 0.6) is 0 Å². The Balaban J connectivity index is 1.45. The normalized spacial score (nSPS) is 24.8. The average molecular weight is 399 g/mol. The molecular formula is C21H29N5O3. The highest BCUT2D eigenvalue weighted by Crippen LogP contribution is 2.32. The molecule has 0 bridgehead atoms. The molecule has 1 spiro atoms. The van der Waals surface area contributed by atoms with E-state index in [1.165, 1.54) is 4.90 Å². The Kier molecular flexibility index (Phi) is 5.54. The van der Waals surface area contributed by atoms with Gasteiger partial charge < -0.3 is 15.1 Å². The first-order chi connectivity index (χ1) is 14.0. The summed E-state index contributed by atoms with van der Waals surface area (Å²) in [6, 6.07) is 2.90. The van der Waals surface area contributed by atoms with Crippen molar-refractivity contribution in [2.75, 3.05) is 32.7 Å². The zero-order valence-corrected chi connectivity index (χ0v) is 17.0. The Morgan fingerprint density at radius 3 is 2.76 bits per heavy atom. The summed E-state index contributed by atoms with van der Waals surface area (Å²) >= 11 is 0. The Morgan fingerprint density at radius 1 is 1.28 bits per heavy atom. The van der Waals surface area contributed by atoms with E-state index in [1.54, 1.807) is 29.4 Å². The molecular weight excluding hydrogens is 370 g/mol. The molecule has 1 aromatic heterocycles. The smallest absolute Gasteiger partial charge is 0.325 e. The van der Waals surface area contributed by atoms with E-state index in [-0.39, 0.29) is 23.9 Å². The van der Waals surface area contributed by atoms with Gasteiger partial charge in [-0.1, -0.05) is 6.92 Å². The van der Waals surface area contributed by atoms with Gasteiger partial charge >= 0.3 is 6.03 Å². The van der Waals surface area contributed by atoms with Gasteiger partial charge in [0, 0.05) is 38.6 Å². The zero-order valence-electron chi connectivity index (χ0n) is 17.0. The molecule has 29 heavy (non-hydrogen) atoms. The highest BCUT2D eigenvalue weighted by molar-refractivity contribution is 6.07. The van der Waals surface area contributed by atoms with Crippen molar-refractivity contribution in [3.05, 3.63) is 30.1 Å². The first-order valence-corrected chi connectivity index (χ1v) is 10.6. The number of hydrogen-bond acceptors (Lipinski definition) is 5. The van der Waals surface area contributed by atoms with Crippen molar-refractivity contribution < 1.29 is 14.4 Å². The largest absolute Gasteiger partial charge is 0.337 e. The number of imide groups is 1. The summed E-state index contributed by atoms with van der Waals surface area (Å²) < 4.78 is 0. The quantitative estimate of drug-likeness (QED) is 0.775. The van der Waals surface area contributed by atoms with Crippen LogP contribution in [0.25, 0.3) is 0 Å². The van der Waals surface area contributed by atoms with Crippen LogP contribution in [-0.2, 0) is 4.79 Å². The third kappa shape index (κ3) is 3.73. The fourth-order valence-electron chi connectivity index (χ4n) is 4.81. The van der Waals surface area contributed by atoms with Crippen molar-refractivity contribution in [3.8, 4) is 0 Å². The minimum absolute atomic E-state index is 0.0996. The summed E-state index contributed by atoms with van der Waals surface area (Å²) in [6.07, 6.45) is 7.08. The van der Waals surface area contributed by atoms with E-state index in [0.717, 1.165) is 38.9 Å². The highest BCUT2D eigenvalue weighted by atomic mass is 16.2. The molecule has 8 heteroatoms. The van der Waals surface area contributed by atoms with Gasteiger partial charge in [-0.3, -0.25) is 19.5 Å². The number of hydrogen-bond donors (Lipinski definition) is 1. The number of piperidine rings is 2. The van der Waals surface area contributed by atoms with Gasteiger partial charge in [0.1, 0.15) is 5.54 Å². The average Bonchev–Trinajstić information content (AvgIpc) is 2.99. The Labute approximate surface area is 171 Å². The fourth-order valence-corrected chi connectivity index (χ4v) is 4.81. The van der Waals surface area contributed by atoms with Gasteiger partial charge in [0.15, 0.2) is 0 Å². The number of aromatic nitrogens is 1. The lowest BCUT2D eigenvalue weighted by Gasteiger charge is -2.39. The van der Waals surface area contributed by atoms with Crippen molar-refractivity contribution in [3.63, 3.8) is 0 Å². The van der Waals surface area contributed by atoms with Crippen LogP contribution in [-0.4, -0.2) is 81.8 Å². The Hall–Kier alpha value is -2.48. The number of carbonyl (C=O) groups is 3. The van der Waals surface area contributed by atoms with Crippen molar-refractivity contribution >= 4 is 17.8 Å². The summed E-state index contributed by atoms with van der Waals surface area (Å²) in [6.45, 7) is 5.83. The highest BCUT2D eigenvalue weighted by Gasteiger charge is 2.54. The second kappa shape index (κ2) is 8.10. The van der Waals surface area contributed by atoms with Crippen LogP contribution in [0.15, 0.2) is 24.5 Å². The van der Waals surface area contributed by atoms with Crippen LogP contribution < -0.4 is 5.32 Å². The summed E-state index contributed by atoms with van der Waals surface area (Å²) in [7, 11) is 0. The molecule has 3 aliphatic rings. The van der Waals surface area contributed by atoms with Gasteiger partial charge in [0.2, 0.25) is 0 Å². The van der Waals surface area contributed by atoms with Crippen molar-refractivity contribution in [2.24, 2.45) is 0 Å². The lowest BCUT2D eigenvalue weighted by Crippen LogP contribution is -2.56. The van der Waals surface area contributed by atoms with E-state index in [9.17, 15) is 14.4 Å². The van der Waals surface area contributed by atoms with Gasteiger partial charge in [0.25, 0.3) is 11.8 Å². The molecule has 0 unspecified atom stereocenters. The maximum absolute atomic E-state index is 13.3. The molecule has 4 heterocycles. The summed E-state index contributed by atoms with van der Waals surface area (Å²) in [4.78, 5) is 48.4. The van der Waals surface area contributed by atoms with Gasteiger partial charge in [-0.2, -0.15) is 0 Å². The standard InChI is InChI=1S/C21H29N5O3/c1-2-10-24-12-7-21(8-13-24)19(28)26(20(29)23-21)17-6-4-11-25(15-17)18(27)16-5-3-9-22-14-16/h3,5,9,14,17H,2,4,6-8,10-13,15H2,1H3,(H,23,29)/t17-/m0/s1. The molecule has 1 atom stereocenters. The van der Waals surface area contributed by atoms with E-state index >= 15 is 0 Å². The van der Waals surface area contributed by atoms with Crippen LogP contribution in [0.2, 0.25) is 0 Å². The van der Waals surface area contributed by atoms with Crippen LogP contribution in [0.3, 0.4) is 0 Å². The zero-order chi connectivity index (χ0) is 20.4. The molecule has 1 N–H and O–H groups in total. The van der Waals surface area contributed by atoms with E-state index in [4.69, 9.17) is 0 Å². The molecule has 1 aromatic rings. The third-order valence-electron chi connectivity index (χ3n) is 6.40. The Bertz CT molecular complexity index is 776. The van der Waals surface area contributed by atoms with E-state index in [1.807, 2.05) is 0 Å². The molecule has 156 valence electrons. The Morgan fingerprint density at radius 2 is 2.07 bits per heavy atom. The number of urea groups is 1. The maximum atomic E-state index is 13.3. The number of rotatable bonds is 4. The molecule has 3 fully saturated rings. The van der Waals surface area contributed by atoms with Gasteiger partial charge in [0.05, 0.1) is 11.6 Å². The van der Waals surface area contributed by atoms with Gasteiger partial charge in [-0.05, 0) is 50.8 Å². The fraction of sp³-hybridized carbons (Fsp3) is 0.619. The molecule has 4 amide bonds. The second-order valence-corrected chi connectivity index (χ2v) is 8.32. The van der Waals surface area contributed by atoms with E-state index in [2.05, 4.69) is 22.1 Å². The number of likely N-dealkylation sites (tertiary alicyclic amines) is 2. The number of nitrogens with zero attached hydrogens (tertiary/aromatic N) is 4. The maximum Gasteiger partial charge on any atom is 0.325 e. The van der Waals surface area contributed by atoms with Crippen LogP contribution in [0.4, 0.5) is 4.79 Å². The molecule has 3 saturated heterocycles. The second-order valence-electron chi connectivity index (χ2n) is 8.32. The number of nitrogens with one attached hydrogen (secondary N) is 1. The summed E-state index contributed by atoms with van der Waals surface area (Å²) in [5.41, 5.74) is -0.234. The molecule has 0 radical (unpaired) electrons. The first kappa shape index (κ1) is 19.8. The lowest BCUT2D eigenvalue weighted by molar-refractivity contribution is -0.135. The van der Waals surface area contributed by atoms with Crippen LogP contribution in [0, 0.1) is 0 Å². The van der Waals surface area contributed by atoms with Crippen LogP contribution >= 0.6 is 0 Å². The monoisotopic (exact) mass is 399 g/mol. The number of carbonyl (C=O) groups excluding carboxylic acids is 3. The van der Waals surface area contributed by atoms with Crippen molar-refractivity contribution in [1.29, 1.82) is 0 Å². The molecule has 0 aliphatic carbocycles. The van der Waals surface area contributed by atoms with Crippen molar-refractivity contribution in [2.45, 2.75) is 50.6 Å². The minimum atomic E-state index is -0.767. The van der Waals surface area contributed by atoms with Gasteiger partial charge in [-0.25, -0.2) is 4.79 Å². The topological polar surface area (TPSA) is 85.8 Å². The molecule has 8 nitrogen and oxygen atoms in total. The predicted molar refractivity (Wildman–Crippen MR) is 107 cm³/mol. The summed E-state index contributed by atoms with van der Waals surface area (Å²) in [5, 5.41) is 3.00. The number of pyridine rings is 1. The predicted octanol–water partition coefficient (Wildman–Crippen LogP) is 1.48. The number of amides is 4. The molecule has 0 aromatic carbocycles. The lowest BCUT2D eigenvalue weighted by atomic mass is 9.87. The first-order valence-electron chi connectivity index (χ1n) is 10.6. The van der Waals surface area contributed by atoms with Gasteiger partial charge in [-0.15, -0.1) is 0 Å². The molecule has 3 aliphatic heterocycles. The van der Waals surface area contributed by atoms with E-state index < -0.39 is 5.54 Å².